The lowest BCUT2D eigenvalue weighted by Crippen LogP contribution is -2.28. The van der Waals surface area contributed by atoms with E-state index >= 15 is 0 Å². The van der Waals surface area contributed by atoms with Gasteiger partial charge in [0, 0.05) is 13.1 Å². The minimum absolute atomic E-state index is 0.0945. The van der Waals surface area contributed by atoms with Crippen molar-refractivity contribution in [1.29, 1.82) is 0 Å². The average Bonchev–Trinajstić information content (AvgIpc) is 3.17. The fourth-order valence-corrected chi connectivity index (χ4v) is 4.37. The van der Waals surface area contributed by atoms with Gasteiger partial charge in [-0.15, -0.1) is 0 Å². The van der Waals surface area contributed by atoms with E-state index in [-0.39, 0.29) is 10.5 Å². The number of hydrogen-bond donors (Lipinski definition) is 0. The molecule has 1 aliphatic heterocycles. The molecule has 0 atom stereocenters. The number of nitrogens with zero attached hydrogens (tertiary/aromatic N) is 1. The van der Waals surface area contributed by atoms with E-state index in [2.05, 4.69) is 0 Å². The SMILES string of the molecule is O=C(Oc1ccccc1C(F)(F)F)c1cccc(S(=O)(=O)N2CCCC2)c1. The maximum Gasteiger partial charge on any atom is 0.419 e. The smallest absolute Gasteiger partial charge is 0.419 e. The van der Waals surface area contributed by atoms with Crippen LogP contribution in [0.2, 0.25) is 0 Å². The van der Waals surface area contributed by atoms with Crippen molar-refractivity contribution in [3.8, 4) is 5.75 Å². The molecule has 1 heterocycles. The molecule has 3 rings (SSSR count). The van der Waals surface area contributed by atoms with Crippen molar-refractivity contribution in [3.63, 3.8) is 0 Å². The van der Waals surface area contributed by atoms with Gasteiger partial charge in [-0.3, -0.25) is 0 Å². The molecule has 2 aromatic rings. The monoisotopic (exact) mass is 399 g/mol. The minimum Gasteiger partial charge on any atom is -0.422 e. The second kappa shape index (κ2) is 7.32. The molecule has 2 aromatic carbocycles. The zero-order chi connectivity index (χ0) is 19.7. The fraction of sp³-hybridized carbons (Fsp3) is 0.278. The number of rotatable bonds is 4. The zero-order valence-corrected chi connectivity index (χ0v) is 14.9. The second-order valence-electron chi connectivity index (χ2n) is 6.02. The lowest BCUT2D eigenvalue weighted by Gasteiger charge is -2.16. The van der Waals surface area contributed by atoms with Gasteiger partial charge < -0.3 is 4.74 Å². The summed E-state index contributed by atoms with van der Waals surface area (Å²) in [5.74, 6) is -1.70. The summed E-state index contributed by atoms with van der Waals surface area (Å²) in [5, 5.41) is 0. The Kier molecular flexibility index (Phi) is 5.25. The van der Waals surface area contributed by atoms with E-state index in [1.54, 1.807) is 0 Å². The molecular weight excluding hydrogens is 383 g/mol. The Morgan fingerprint density at radius 3 is 2.33 bits per heavy atom. The highest BCUT2D eigenvalue weighted by Gasteiger charge is 2.35. The largest absolute Gasteiger partial charge is 0.422 e. The molecule has 5 nitrogen and oxygen atoms in total. The van der Waals surface area contributed by atoms with Gasteiger partial charge in [0.15, 0.2) is 0 Å². The van der Waals surface area contributed by atoms with Crippen LogP contribution < -0.4 is 4.74 Å². The highest BCUT2D eigenvalue weighted by Crippen LogP contribution is 2.36. The van der Waals surface area contributed by atoms with E-state index in [1.807, 2.05) is 0 Å². The molecule has 0 aliphatic carbocycles. The van der Waals surface area contributed by atoms with Gasteiger partial charge in [0.1, 0.15) is 5.75 Å². The number of alkyl halides is 3. The Bertz CT molecular complexity index is 951. The van der Waals surface area contributed by atoms with Gasteiger partial charge >= 0.3 is 12.1 Å². The number of carbonyl (C=O) groups excluding carboxylic acids is 1. The Balaban J connectivity index is 1.87. The predicted octanol–water partition coefficient (Wildman–Crippen LogP) is 3.71. The third-order valence-corrected chi connectivity index (χ3v) is 6.06. The van der Waals surface area contributed by atoms with Crippen LogP contribution >= 0.6 is 0 Å². The molecule has 0 amide bonds. The van der Waals surface area contributed by atoms with Crippen LogP contribution in [0.15, 0.2) is 53.4 Å². The highest BCUT2D eigenvalue weighted by molar-refractivity contribution is 7.89. The molecule has 1 aliphatic rings. The van der Waals surface area contributed by atoms with Crippen LogP contribution in [0.3, 0.4) is 0 Å². The van der Waals surface area contributed by atoms with E-state index in [4.69, 9.17) is 4.74 Å². The van der Waals surface area contributed by atoms with Crippen molar-refractivity contribution in [2.45, 2.75) is 23.9 Å². The van der Waals surface area contributed by atoms with Gasteiger partial charge in [-0.1, -0.05) is 18.2 Å². The number of para-hydroxylation sites is 1. The lowest BCUT2D eigenvalue weighted by molar-refractivity contribution is -0.138. The summed E-state index contributed by atoms with van der Waals surface area (Å²) < 4.78 is 70.4. The van der Waals surface area contributed by atoms with E-state index < -0.39 is 33.5 Å². The number of hydrogen-bond acceptors (Lipinski definition) is 4. The average molecular weight is 399 g/mol. The number of ether oxygens (including phenoxy) is 1. The van der Waals surface area contributed by atoms with Gasteiger partial charge in [-0.25, -0.2) is 13.2 Å². The first-order valence-corrected chi connectivity index (χ1v) is 9.62. The van der Waals surface area contributed by atoms with E-state index in [9.17, 15) is 26.4 Å². The molecule has 1 saturated heterocycles. The molecule has 0 bridgehead atoms. The topological polar surface area (TPSA) is 63.7 Å². The normalized spacial score (nSPS) is 15.7. The van der Waals surface area contributed by atoms with E-state index in [1.165, 1.54) is 34.6 Å². The quantitative estimate of drug-likeness (QED) is 0.581. The van der Waals surface area contributed by atoms with Crippen LogP contribution in [0.1, 0.15) is 28.8 Å². The molecule has 0 N–H and O–H groups in total. The van der Waals surface area contributed by atoms with Crippen LogP contribution in [-0.2, 0) is 16.2 Å². The van der Waals surface area contributed by atoms with Crippen molar-refractivity contribution >= 4 is 16.0 Å². The predicted molar refractivity (Wildman–Crippen MR) is 90.8 cm³/mol. The molecule has 144 valence electrons. The van der Waals surface area contributed by atoms with Gasteiger partial charge in [-0.2, -0.15) is 17.5 Å². The molecule has 0 radical (unpaired) electrons. The molecular formula is C18H16F3NO4S. The Hall–Kier alpha value is -2.39. The molecule has 9 heteroatoms. The summed E-state index contributed by atoms with van der Waals surface area (Å²) in [5.41, 5.74) is -1.23. The maximum atomic E-state index is 13.0. The molecule has 0 unspecified atom stereocenters. The zero-order valence-electron chi connectivity index (χ0n) is 14.1. The molecule has 0 saturated carbocycles. The Morgan fingerprint density at radius 2 is 1.67 bits per heavy atom. The standard InChI is InChI=1S/C18H16F3NO4S/c19-18(20,21)15-8-1-2-9-16(15)26-17(23)13-6-5-7-14(12-13)27(24,25)22-10-3-4-11-22/h1-2,5-9,12H,3-4,10-11H2. The van der Waals surface area contributed by atoms with Gasteiger partial charge in [0.25, 0.3) is 0 Å². The van der Waals surface area contributed by atoms with Crippen molar-refractivity contribution in [3.05, 3.63) is 59.7 Å². The number of benzene rings is 2. The number of carbonyl (C=O) groups is 1. The third-order valence-electron chi connectivity index (χ3n) is 4.17. The van der Waals surface area contributed by atoms with Gasteiger partial charge in [0.2, 0.25) is 10.0 Å². The summed E-state index contributed by atoms with van der Waals surface area (Å²) in [6.45, 7) is 0.798. The molecule has 27 heavy (non-hydrogen) atoms. The first-order valence-electron chi connectivity index (χ1n) is 8.18. The van der Waals surface area contributed by atoms with Gasteiger partial charge in [-0.05, 0) is 43.2 Å². The van der Waals surface area contributed by atoms with E-state index in [0.29, 0.717) is 13.1 Å². The summed E-state index contributed by atoms with van der Waals surface area (Å²) >= 11 is 0. The Morgan fingerprint density at radius 1 is 1.00 bits per heavy atom. The van der Waals surface area contributed by atoms with Crippen LogP contribution in [0.5, 0.6) is 5.75 Å². The fourth-order valence-electron chi connectivity index (χ4n) is 2.81. The van der Waals surface area contributed by atoms with Crippen molar-refractivity contribution in [2.75, 3.05) is 13.1 Å². The number of sulfonamides is 1. The first kappa shape index (κ1) is 19.4. The van der Waals surface area contributed by atoms with Crippen LogP contribution in [0, 0.1) is 0 Å². The van der Waals surface area contributed by atoms with Gasteiger partial charge in [0.05, 0.1) is 16.0 Å². The number of esters is 1. The van der Waals surface area contributed by atoms with Crippen molar-refractivity contribution < 1.29 is 31.1 Å². The molecule has 0 spiro atoms. The summed E-state index contributed by atoms with van der Waals surface area (Å²) in [6.07, 6.45) is -3.16. The second-order valence-corrected chi connectivity index (χ2v) is 7.96. The molecule has 1 fully saturated rings. The maximum absolute atomic E-state index is 13.0. The summed E-state index contributed by atoms with van der Waals surface area (Å²) in [4.78, 5) is 12.2. The van der Waals surface area contributed by atoms with Crippen LogP contribution in [0.25, 0.3) is 0 Å². The van der Waals surface area contributed by atoms with Crippen LogP contribution in [-0.4, -0.2) is 31.8 Å². The van der Waals surface area contributed by atoms with Crippen molar-refractivity contribution in [1.82, 2.24) is 4.31 Å². The van der Waals surface area contributed by atoms with Crippen LogP contribution in [0.4, 0.5) is 13.2 Å². The third kappa shape index (κ3) is 4.14. The minimum atomic E-state index is -4.68. The first-order chi connectivity index (χ1) is 12.7. The summed E-state index contributed by atoms with van der Waals surface area (Å²) in [7, 11) is -3.75. The Labute approximate surface area is 154 Å². The highest BCUT2D eigenvalue weighted by atomic mass is 32.2. The number of halogens is 3. The molecule has 0 aromatic heterocycles. The summed E-state index contributed by atoms with van der Waals surface area (Å²) in [6, 6.07) is 9.44. The lowest BCUT2D eigenvalue weighted by atomic mass is 10.2. The van der Waals surface area contributed by atoms with E-state index in [0.717, 1.165) is 31.0 Å². The van der Waals surface area contributed by atoms with Crippen molar-refractivity contribution in [2.24, 2.45) is 0 Å².